The second-order valence-corrected chi connectivity index (χ2v) is 4.23. The van der Waals surface area contributed by atoms with Crippen molar-refractivity contribution in [1.29, 1.82) is 0 Å². The van der Waals surface area contributed by atoms with Crippen molar-refractivity contribution in [2.24, 2.45) is 0 Å². The minimum atomic E-state index is -4.31. The van der Waals surface area contributed by atoms with Crippen molar-refractivity contribution in [2.45, 2.75) is 39.3 Å². The number of halogens is 4. The summed E-state index contributed by atoms with van der Waals surface area (Å²) in [6.07, 6.45) is -5.46. The van der Waals surface area contributed by atoms with Gasteiger partial charge in [-0.25, -0.2) is 9.97 Å². The van der Waals surface area contributed by atoms with Gasteiger partial charge in [-0.3, -0.25) is 0 Å². The summed E-state index contributed by atoms with van der Waals surface area (Å²) in [6, 6.07) is 0. The number of alkyl halides is 3. The van der Waals surface area contributed by atoms with E-state index < -0.39 is 12.6 Å². The molecule has 6 heteroatoms. The van der Waals surface area contributed by atoms with Crippen LogP contribution in [0.2, 0.25) is 5.15 Å². The topological polar surface area (TPSA) is 25.8 Å². The van der Waals surface area contributed by atoms with Gasteiger partial charge in [-0.2, -0.15) is 13.2 Å². The van der Waals surface area contributed by atoms with Crippen molar-refractivity contribution in [3.05, 3.63) is 22.2 Å². The molecule has 1 aromatic heterocycles. The fraction of sp³-hybridized carbons (Fsp3) is 0.600. The van der Waals surface area contributed by atoms with Gasteiger partial charge in [-0.05, 0) is 12.8 Å². The van der Waals surface area contributed by atoms with Crippen LogP contribution in [0.15, 0.2) is 0 Å². The van der Waals surface area contributed by atoms with E-state index in [0.29, 0.717) is 11.3 Å². The summed E-state index contributed by atoms with van der Waals surface area (Å²) in [7, 11) is 0. The van der Waals surface area contributed by atoms with E-state index in [1.165, 1.54) is 0 Å². The van der Waals surface area contributed by atoms with Crippen molar-refractivity contribution < 1.29 is 13.2 Å². The molecule has 16 heavy (non-hydrogen) atoms. The first-order chi connectivity index (χ1) is 7.20. The van der Waals surface area contributed by atoms with Crippen molar-refractivity contribution >= 4 is 11.6 Å². The van der Waals surface area contributed by atoms with Crippen LogP contribution >= 0.6 is 11.6 Å². The molecule has 0 aliphatic rings. The van der Waals surface area contributed by atoms with E-state index in [1.807, 2.05) is 13.8 Å². The highest BCUT2D eigenvalue weighted by Gasteiger charge is 2.30. The number of aryl methyl sites for hydroxylation is 1. The number of hydrogen-bond acceptors (Lipinski definition) is 2. The third-order valence-corrected chi connectivity index (χ3v) is 2.36. The van der Waals surface area contributed by atoms with Crippen LogP contribution < -0.4 is 0 Å². The SMILES string of the molecule is Cc1nc(CC(F)(F)F)nc(Cl)c1C(C)C. The third-order valence-electron chi connectivity index (χ3n) is 2.07. The van der Waals surface area contributed by atoms with Crippen LogP contribution in [0.3, 0.4) is 0 Å². The molecule has 0 saturated heterocycles. The van der Waals surface area contributed by atoms with Crippen LogP contribution in [0.5, 0.6) is 0 Å². The molecule has 1 heterocycles. The average Bonchev–Trinajstić information content (AvgIpc) is 1.96. The van der Waals surface area contributed by atoms with E-state index in [2.05, 4.69) is 9.97 Å². The zero-order valence-corrected chi connectivity index (χ0v) is 9.95. The van der Waals surface area contributed by atoms with Gasteiger partial charge < -0.3 is 0 Å². The van der Waals surface area contributed by atoms with E-state index in [-0.39, 0.29) is 16.9 Å². The number of rotatable bonds is 2. The first-order valence-corrected chi connectivity index (χ1v) is 5.18. The highest BCUT2D eigenvalue weighted by Crippen LogP contribution is 2.27. The van der Waals surface area contributed by atoms with Gasteiger partial charge in [0.05, 0.1) is 0 Å². The molecule has 0 spiro atoms. The Kier molecular flexibility index (Phi) is 3.78. The summed E-state index contributed by atoms with van der Waals surface area (Å²) in [5.41, 5.74) is 1.21. The van der Waals surface area contributed by atoms with Crippen LogP contribution in [0, 0.1) is 6.92 Å². The number of hydrogen-bond donors (Lipinski definition) is 0. The summed E-state index contributed by atoms with van der Waals surface area (Å²) in [5.74, 6) is -0.188. The molecule has 0 aromatic carbocycles. The van der Waals surface area contributed by atoms with Crippen molar-refractivity contribution in [1.82, 2.24) is 9.97 Å². The molecule has 0 N–H and O–H groups in total. The van der Waals surface area contributed by atoms with Crippen LogP contribution in [0.1, 0.15) is 36.8 Å². The van der Waals surface area contributed by atoms with Gasteiger partial charge in [-0.1, -0.05) is 25.4 Å². The molecule has 0 unspecified atom stereocenters. The Balaban J connectivity index is 3.10. The number of aromatic nitrogens is 2. The lowest BCUT2D eigenvalue weighted by Gasteiger charge is -2.13. The molecule has 0 bridgehead atoms. The standard InChI is InChI=1S/C10H12ClF3N2/c1-5(2)8-6(3)15-7(16-9(8)11)4-10(12,13)14/h5H,4H2,1-3H3. The minimum Gasteiger partial charge on any atom is -0.237 e. The van der Waals surface area contributed by atoms with Gasteiger partial charge in [-0.15, -0.1) is 0 Å². The largest absolute Gasteiger partial charge is 0.396 e. The van der Waals surface area contributed by atoms with E-state index in [1.54, 1.807) is 6.92 Å². The van der Waals surface area contributed by atoms with Gasteiger partial charge in [0, 0.05) is 11.3 Å². The summed E-state index contributed by atoms with van der Waals surface area (Å²) in [4.78, 5) is 7.50. The smallest absolute Gasteiger partial charge is 0.237 e. The lowest BCUT2D eigenvalue weighted by molar-refractivity contribution is -0.128. The van der Waals surface area contributed by atoms with Gasteiger partial charge in [0.2, 0.25) is 0 Å². The quantitative estimate of drug-likeness (QED) is 0.751. The second-order valence-electron chi connectivity index (χ2n) is 3.88. The molecule has 0 aliphatic heterocycles. The van der Waals surface area contributed by atoms with E-state index in [9.17, 15) is 13.2 Å². The van der Waals surface area contributed by atoms with Gasteiger partial charge >= 0.3 is 6.18 Å². The second kappa shape index (κ2) is 4.57. The molecule has 0 atom stereocenters. The molecule has 0 aliphatic carbocycles. The fourth-order valence-electron chi connectivity index (χ4n) is 1.52. The molecular weight excluding hydrogens is 241 g/mol. The summed E-state index contributed by atoms with van der Waals surface area (Å²) in [6.45, 7) is 5.42. The van der Waals surface area contributed by atoms with Gasteiger partial charge in [0.25, 0.3) is 0 Å². The monoisotopic (exact) mass is 252 g/mol. The Morgan fingerprint density at radius 1 is 1.25 bits per heavy atom. The Morgan fingerprint density at radius 2 is 1.81 bits per heavy atom. The molecule has 1 aromatic rings. The van der Waals surface area contributed by atoms with E-state index in [4.69, 9.17) is 11.6 Å². The van der Waals surface area contributed by atoms with E-state index >= 15 is 0 Å². The Bertz CT molecular complexity index is 365. The predicted molar refractivity (Wildman–Crippen MR) is 55.6 cm³/mol. The van der Waals surface area contributed by atoms with Crippen molar-refractivity contribution in [3.63, 3.8) is 0 Å². The molecule has 1 rings (SSSR count). The summed E-state index contributed by atoms with van der Waals surface area (Å²) in [5, 5.41) is 0.113. The van der Waals surface area contributed by atoms with Gasteiger partial charge in [0.1, 0.15) is 17.4 Å². The first kappa shape index (κ1) is 13.2. The molecular formula is C10H12ClF3N2. The minimum absolute atomic E-state index is 0.0902. The normalized spacial score (nSPS) is 12.2. The van der Waals surface area contributed by atoms with Crippen LogP contribution in [-0.4, -0.2) is 16.1 Å². The van der Waals surface area contributed by atoms with Crippen LogP contribution in [-0.2, 0) is 6.42 Å². The summed E-state index contributed by atoms with van der Waals surface area (Å²) < 4.78 is 36.4. The number of nitrogens with zero attached hydrogens (tertiary/aromatic N) is 2. The lowest BCUT2D eigenvalue weighted by Crippen LogP contribution is -2.15. The molecule has 0 amide bonds. The molecule has 0 radical (unpaired) electrons. The van der Waals surface area contributed by atoms with Crippen LogP contribution in [0.4, 0.5) is 13.2 Å². The first-order valence-electron chi connectivity index (χ1n) is 4.80. The Morgan fingerprint density at radius 3 is 2.19 bits per heavy atom. The van der Waals surface area contributed by atoms with E-state index in [0.717, 1.165) is 0 Å². The molecule has 90 valence electrons. The maximum absolute atomic E-state index is 12.1. The maximum atomic E-state index is 12.1. The van der Waals surface area contributed by atoms with Crippen molar-refractivity contribution in [2.75, 3.05) is 0 Å². The van der Waals surface area contributed by atoms with Crippen molar-refractivity contribution in [3.8, 4) is 0 Å². The third kappa shape index (κ3) is 3.33. The molecule has 0 fully saturated rings. The average molecular weight is 253 g/mol. The molecule has 0 saturated carbocycles. The zero-order chi connectivity index (χ0) is 12.5. The van der Waals surface area contributed by atoms with Gasteiger partial charge in [0.15, 0.2) is 0 Å². The fourth-order valence-corrected chi connectivity index (χ4v) is 1.97. The highest BCUT2D eigenvalue weighted by molar-refractivity contribution is 6.30. The Labute approximate surface area is 96.9 Å². The predicted octanol–water partition coefficient (Wildman–Crippen LogP) is 3.67. The lowest BCUT2D eigenvalue weighted by atomic mass is 10.0. The highest BCUT2D eigenvalue weighted by atomic mass is 35.5. The van der Waals surface area contributed by atoms with Crippen LogP contribution in [0.25, 0.3) is 0 Å². The molecule has 2 nitrogen and oxygen atoms in total. The summed E-state index contributed by atoms with van der Waals surface area (Å²) >= 11 is 5.84. The maximum Gasteiger partial charge on any atom is 0.396 e. The Hall–Kier alpha value is -0.840. The zero-order valence-electron chi connectivity index (χ0n) is 9.19.